The Labute approximate surface area is 119 Å². The Morgan fingerprint density at radius 3 is 2.70 bits per heavy atom. The molecule has 0 atom stereocenters. The average molecular weight is 278 g/mol. The van der Waals surface area contributed by atoms with Gasteiger partial charge in [0.15, 0.2) is 0 Å². The zero-order valence-corrected chi connectivity index (χ0v) is 11.7. The van der Waals surface area contributed by atoms with Crippen LogP contribution in [0.25, 0.3) is 0 Å². The van der Waals surface area contributed by atoms with E-state index in [0.717, 1.165) is 37.9 Å². The molecule has 0 unspecified atom stereocenters. The van der Waals surface area contributed by atoms with Gasteiger partial charge in [-0.3, -0.25) is 9.78 Å². The number of aliphatic hydroxyl groups is 1. The second-order valence-electron chi connectivity index (χ2n) is 5.03. The van der Waals surface area contributed by atoms with E-state index in [-0.39, 0.29) is 18.6 Å². The van der Waals surface area contributed by atoms with E-state index in [9.17, 15) is 4.79 Å². The van der Waals surface area contributed by atoms with E-state index < -0.39 is 0 Å². The summed E-state index contributed by atoms with van der Waals surface area (Å²) in [6, 6.07) is 3.89. The summed E-state index contributed by atoms with van der Waals surface area (Å²) in [6.45, 7) is 1.96. The molecule has 0 aliphatic carbocycles. The van der Waals surface area contributed by atoms with Crippen LogP contribution in [0.15, 0.2) is 24.5 Å². The molecule has 0 saturated carbocycles. The lowest BCUT2D eigenvalue weighted by atomic mass is 10.1. The molecule has 1 fully saturated rings. The number of likely N-dealkylation sites (tertiary alicyclic amines) is 1. The summed E-state index contributed by atoms with van der Waals surface area (Å²) in [5.74, 6) is 0.211. The lowest BCUT2D eigenvalue weighted by Gasteiger charge is -2.32. The van der Waals surface area contributed by atoms with E-state index in [1.807, 2.05) is 17.0 Å². The number of rotatable bonds is 6. The van der Waals surface area contributed by atoms with Crippen LogP contribution < -0.4 is 0 Å². The number of aliphatic hydroxyl groups excluding tert-OH is 1. The summed E-state index contributed by atoms with van der Waals surface area (Å²) in [5, 5.41) is 8.72. The molecule has 0 bridgehead atoms. The van der Waals surface area contributed by atoms with E-state index in [2.05, 4.69) is 4.98 Å². The molecule has 5 nitrogen and oxygen atoms in total. The van der Waals surface area contributed by atoms with Crippen LogP contribution in [0.5, 0.6) is 0 Å². The quantitative estimate of drug-likeness (QED) is 0.843. The highest BCUT2D eigenvalue weighted by Gasteiger charge is 2.22. The molecule has 1 aromatic heterocycles. The first-order valence-electron chi connectivity index (χ1n) is 7.18. The molecule has 1 aromatic rings. The number of hydrogen-bond acceptors (Lipinski definition) is 4. The Morgan fingerprint density at radius 1 is 1.35 bits per heavy atom. The molecule has 0 radical (unpaired) electrons. The highest BCUT2D eigenvalue weighted by molar-refractivity contribution is 5.76. The van der Waals surface area contributed by atoms with Gasteiger partial charge in [-0.25, -0.2) is 0 Å². The Balaban J connectivity index is 1.69. The van der Waals surface area contributed by atoms with Gasteiger partial charge < -0.3 is 14.7 Å². The first kappa shape index (κ1) is 14.9. The SMILES string of the molecule is O=C(CCc1ccncc1)N1CCC(OCCO)CC1. The molecule has 110 valence electrons. The van der Waals surface area contributed by atoms with Gasteiger partial charge in [-0.2, -0.15) is 0 Å². The topological polar surface area (TPSA) is 62.7 Å². The predicted octanol–water partition coefficient (Wildman–Crippen LogP) is 1.01. The van der Waals surface area contributed by atoms with E-state index in [1.54, 1.807) is 12.4 Å². The number of hydrogen-bond donors (Lipinski definition) is 1. The Kier molecular flexibility index (Phi) is 5.95. The number of pyridine rings is 1. The average Bonchev–Trinajstić information content (AvgIpc) is 2.52. The van der Waals surface area contributed by atoms with Gasteiger partial charge in [0.05, 0.1) is 19.3 Å². The van der Waals surface area contributed by atoms with Crippen LogP contribution in [-0.4, -0.2) is 53.3 Å². The van der Waals surface area contributed by atoms with Crippen molar-refractivity contribution in [1.29, 1.82) is 0 Å². The van der Waals surface area contributed by atoms with Crippen molar-refractivity contribution in [2.75, 3.05) is 26.3 Å². The van der Waals surface area contributed by atoms with Gasteiger partial charge in [0.2, 0.25) is 5.91 Å². The number of carbonyl (C=O) groups is 1. The fraction of sp³-hybridized carbons (Fsp3) is 0.600. The molecule has 2 heterocycles. The molecule has 2 rings (SSSR count). The number of ether oxygens (including phenoxy) is 1. The van der Waals surface area contributed by atoms with Crippen molar-refractivity contribution < 1.29 is 14.6 Å². The fourth-order valence-corrected chi connectivity index (χ4v) is 2.45. The van der Waals surface area contributed by atoms with E-state index in [4.69, 9.17) is 9.84 Å². The van der Waals surface area contributed by atoms with Crippen molar-refractivity contribution >= 4 is 5.91 Å². The van der Waals surface area contributed by atoms with Crippen LogP contribution in [0, 0.1) is 0 Å². The zero-order chi connectivity index (χ0) is 14.2. The largest absolute Gasteiger partial charge is 0.394 e. The number of aryl methyl sites for hydroxylation is 1. The van der Waals surface area contributed by atoms with Gasteiger partial charge >= 0.3 is 0 Å². The molecule has 5 heteroatoms. The van der Waals surface area contributed by atoms with Crippen LogP contribution in [0.3, 0.4) is 0 Å². The van der Waals surface area contributed by atoms with Gasteiger partial charge in [-0.1, -0.05) is 0 Å². The van der Waals surface area contributed by atoms with Crippen LogP contribution in [-0.2, 0) is 16.0 Å². The first-order chi connectivity index (χ1) is 9.79. The van der Waals surface area contributed by atoms with Gasteiger partial charge in [0.1, 0.15) is 0 Å². The lowest BCUT2D eigenvalue weighted by Crippen LogP contribution is -2.41. The normalized spacial score (nSPS) is 16.4. The highest BCUT2D eigenvalue weighted by atomic mass is 16.5. The highest BCUT2D eigenvalue weighted by Crippen LogP contribution is 2.15. The Hall–Kier alpha value is -1.46. The maximum Gasteiger partial charge on any atom is 0.222 e. The second-order valence-corrected chi connectivity index (χ2v) is 5.03. The summed E-state index contributed by atoms with van der Waals surface area (Å²) >= 11 is 0. The first-order valence-corrected chi connectivity index (χ1v) is 7.18. The van der Waals surface area contributed by atoms with Gasteiger partial charge in [-0.15, -0.1) is 0 Å². The van der Waals surface area contributed by atoms with Crippen LogP contribution >= 0.6 is 0 Å². The van der Waals surface area contributed by atoms with E-state index in [0.29, 0.717) is 13.0 Å². The van der Waals surface area contributed by atoms with E-state index >= 15 is 0 Å². The van der Waals surface area contributed by atoms with Crippen molar-refractivity contribution in [1.82, 2.24) is 9.88 Å². The number of amides is 1. The van der Waals surface area contributed by atoms with Crippen LogP contribution in [0.1, 0.15) is 24.8 Å². The third-order valence-electron chi connectivity index (χ3n) is 3.62. The maximum atomic E-state index is 12.1. The summed E-state index contributed by atoms with van der Waals surface area (Å²) in [7, 11) is 0. The minimum absolute atomic E-state index is 0.0606. The van der Waals surface area contributed by atoms with Gasteiger partial charge in [0, 0.05) is 31.9 Å². The number of piperidine rings is 1. The number of aromatic nitrogens is 1. The molecule has 1 saturated heterocycles. The minimum Gasteiger partial charge on any atom is -0.394 e. The predicted molar refractivity (Wildman–Crippen MR) is 75.2 cm³/mol. The van der Waals surface area contributed by atoms with Crippen LogP contribution in [0.2, 0.25) is 0 Å². The minimum atomic E-state index is 0.0606. The second kappa shape index (κ2) is 7.97. The number of nitrogens with zero attached hydrogens (tertiary/aromatic N) is 2. The van der Waals surface area contributed by atoms with Crippen molar-refractivity contribution in [3.63, 3.8) is 0 Å². The van der Waals surface area contributed by atoms with Crippen molar-refractivity contribution in [2.45, 2.75) is 31.8 Å². The molecular formula is C15H22N2O3. The third kappa shape index (κ3) is 4.58. The summed E-state index contributed by atoms with van der Waals surface area (Å²) in [6.07, 6.45) is 6.73. The van der Waals surface area contributed by atoms with Crippen molar-refractivity contribution in [3.05, 3.63) is 30.1 Å². The number of carbonyl (C=O) groups excluding carboxylic acids is 1. The van der Waals surface area contributed by atoms with Crippen molar-refractivity contribution in [3.8, 4) is 0 Å². The zero-order valence-electron chi connectivity index (χ0n) is 11.7. The molecular weight excluding hydrogens is 256 g/mol. The van der Waals surface area contributed by atoms with Crippen molar-refractivity contribution in [2.24, 2.45) is 0 Å². The fourth-order valence-electron chi connectivity index (χ4n) is 2.45. The summed E-state index contributed by atoms with van der Waals surface area (Å²) < 4.78 is 5.49. The molecule has 1 aliphatic heterocycles. The Bertz CT molecular complexity index is 403. The molecule has 1 aliphatic rings. The monoisotopic (exact) mass is 278 g/mol. The lowest BCUT2D eigenvalue weighted by molar-refractivity contribution is -0.133. The molecule has 1 amide bonds. The standard InChI is InChI=1S/C15H22N2O3/c18-11-12-20-14-5-9-17(10-6-14)15(19)2-1-13-3-7-16-8-4-13/h3-4,7-8,14,18H,1-2,5-6,9-12H2. The summed E-state index contributed by atoms with van der Waals surface area (Å²) in [5.41, 5.74) is 1.15. The third-order valence-corrected chi connectivity index (χ3v) is 3.62. The molecule has 20 heavy (non-hydrogen) atoms. The molecule has 0 spiro atoms. The van der Waals surface area contributed by atoms with Gasteiger partial charge in [0.25, 0.3) is 0 Å². The van der Waals surface area contributed by atoms with Crippen LogP contribution in [0.4, 0.5) is 0 Å². The molecule has 1 N–H and O–H groups in total. The maximum absolute atomic E-state index is 12.1. The summed E-state index contributed by atoms with van der Waals surface area (Å²) in [4.78, 5) is 18.0. The smallest absolute Gasteiger partial charge is 0.222 e. The van der Waals surface area contributed by atoms with E-state index in [1.165, 1.54) is 0 Å². The van der Waals surface area contributed by atoms with Gasteiger partial charge in [-0.05, 0) is 37.0 Å². The molecule has 0 aromatic carbocycles. The Morgan fingerprint density at radius 2 is 2.05 bits per heavy atom.